The molecule has 178 valence electrons. The lowest BCUT2D eigenvalue weighted by Crippen LogP contribution is -2.42. The molecule has 0 spiro atoms. The van der Waals surface area contributed by atoms with Gasteiger partial charge < -0.3 is 20.3 Å². The van der Waals surface area contributed by atoms with Crippen molar-refractivity contribution in [3.05, 3.63) is 52.1 Å². The average Bonchev–Trinajstić information content (AvgIpc) is 3.03. The number of ketones is 1. The third-order valence-electron chi connectivity index (χ3n) is 6.40. The van der Waals surface area contributed by atoms with Gasteiger partial charge in [-0.25, -0.2) is 4.39 Å². The number of nitrogens with zero attached hydrogens (tertiary/aromatic N) is 1. The van der Waals surface area contributed by atoms with Gasteiger partial charge in [0.1, 0.15) is 5.82 Å². The number of nitrogens with one attached hydrogen (secondary N) is 2. The summed E-state index contributed by atoms with van der Waals surface area (Å²) in [5, 5.41) is 15.2. The van der Waals surface area contributed by atoms with Gasteiger partial charge in [0.15, 0.2) is 0 Å². The summed E-state index contributed by atoms with van der Waals surface area (Å²) in [5.41, 5.74) is 2.45. The Labute approximate surface area is 193 Å². The lowest BCUT2D eigenvalue weighted by molar-refractivity contribution is -0.118. The number of aliphatic hydroxyl groups excluding tert-OH is 1. The number of hydrogen-bond acceptors (Lipinski definition) is 4. The SMILES string of the molecule is Cc1cc(NC(=O)c2c(C(C)C)c(C(=O)C(=O)NC3CCC(O)CC3)n(C)c2C)ccc1F. The summed E-state index contributed by atoms with van der Waals surface area (Å²) < 4.78 is 15.2. The van der Waals surface area contributed by atoms with Crippen molar-refractivity contribution in [2.75, 3.05) is 5.32 Å². The standard InChI is InChI=1S/C25H32FN3O4/c1-13(2)20-21(24(32)28-17-8-11-19(26)14(3)12-17)15(4)29(5)22(20)23(31)25(33)27-16-6-9-18(30)10-7-16/h8,11-13,16,18,30H,6-7,9-10H2,1-5H3,(H,27,33)(H,28,32). The maximum atomic E-state index is 13.6. The molecule has 1 fully saturated rings. The third kappa shape index (κ3) is 5.16. The Kier molecular flexibility index (Phi) is 7.37. The van der Waals surface area contributed by atoms with E-state index in [1.165, 1.54) is 12.1 Å². The van der Waals surface area contributed by atoms with Crippen molar-refractivity contribution in [3.8, 4) is 0 Å². The van der Waals surface area contributed by atoms with Crippen molar-refractivity contribution in [2.24, 2.45) is 7.05 Å². The number of aryl methyl sites for hydroxylation is 1. The van der Waals surface area contributed by atoms with E-state index in [2.05, 4.69) is 10.6 Å². The predicted molar refractivity (Wildman–Crippen MR) is 124 cm³/mol. The van der Waals surface area contributed by atoms with Crippen LogP contribution >= 0.6 is 0 Å². The van der Waals surface area contributed by atoms with Crippen molar-refractivity contribution in [2.45, 2.75) is 71.4 Å². The zero-order chi connectivity index (χ0) is 24.4. The number of Topliss-reactive ketones (excluding diaryl/α,β-unsaturated/α-hetero) is 1. The normalized spacial score (nSPS) is 18.3. The van der Waals surface area contributed by atoms with E-state index in [4.69, 9.17) is 0 Å². The van der Waals surface area contributed by atoms with Crippen LogP contribution in [0.15, 0.2) is 18.2 Å². The van der Waals surface area contributed by atoms with Crippen molar-refractivity contribution in [3.63, 3.8) is 0 Å². The molecular formula is C25H32FN3O4. The minimum absolute atomic E-state index is 0.154. The highest BCUT2D eigenvalue weighted by molar-refractivity contribution is 6.43. The van der Waals surface area contributed by atoms with Gasteiger partial charge >= 0.3 is 0 Å². The van der Waals surface area contributed by atoms with E-state index in [1.807, 2.05) is 13.8 Å². The van der Waals surface area contributed by atoms with Gasteiger partial charge in [-0.3, -0.25) is 14.4 Å². The molecule has 3 rings (SSSR count). The number of rotatable bonds is 6. The van der Waals surface area contributed by atoms with E-state index >= 15 is 0 Å². The molecule has 7 nitrogen and oxygen atoms in total. The van der Waals surface area contributed by atoms with Gasteiger partial charge in [-0.1, -0.05) is 13.8 Å². The van der Waals surface area contributed by atoms with Gasteiger partial charge in [-0.2, -0.15) is 0 Å². The summed E-state index contributed by atoms with van der Waals surface area (Å²) in [4.78, 5) is 39.2. The molecule has 2 amide bonds. The highest BCUT2D eigenvalue weighted by Crippen LogP contribution is 2.30. The first-order valence-electron chi connectivity index (χ1n) is 11.3. The van der Waals surface area contributed by atoms with Crippen molar-refractivity contribution in [1.82, 2.24) is 9.88 Å². The zero-order valence-corrected chi connectivity index (χ0v) is 19.8. The summed E-state index contributed by atoms with van der Waals surface area (Å²) in [6, 6.07) is 4.16. The number of carbonyl (C=O) groups excluding carboxylic acids is 3. The first kappa shape index (κ1) is 24.6. The van der Waals surface area contributed by atoms with Gasteiger partial charge in [0, 0.05) is 24.5 Å². The highest BCUT2D eigenvalue weighted by atomic mass is 19.1. The molecule has 3 N–H and O–H groups in total. The number of amides is 2. The monoisotopic (exact) mass is 457 g/mol. The molecule has 0 unspecified atom stereocenters. The fourth-order valence-corrected chi connectivity index (χ4v) is 4.45. The lowest BCUT2D eigenvalue weighted by atomic mass is 9.92. The molecule has 0 atom stereocenters. The molecule has 0 radical (unpaired) electrons. The van der Waals surface area contributed by atoms with Crippen LogP contribution in [0.3, 0.4) is 0 Å². The van der Waals surface area contributed by atoms with Crippen LogP contribution in [-0.4, -0.2) is 39.4 Å². The van der Waals surface area contributed by atoms with Crippen LogP contribution in [0, 0.1) is 19.7 Å². The van der Waals surface area contributed by atoms with Crippen LogP contribution < -0.4 is 10.6 Å². The molecule has 0 bridgehead atoms. The van der Waals surface area contributed by atoms with Gasteiger partial charge in [0.2, 0.25) is 0 Å². The molecule has 1 aromatic heterocycles. The second-order valence-electron chi connectivity index (χ2n) is 9.16. The van der Waals surface area contributed by atoms with Gasteiger partial charge in [0.25, 0.3) is 17.6 Å². The molecule has 0 saturated heterocycles. The first-order valence-corrected chi connectivity index (χ1v) is 11.3. The number of hydrogen-bond donors (Lipinski definition) is 3. The van der Waals surface area contributed by atoms with E-state index in [1.54, 1.807) is 31.5 Å². The Balaban J connectivity index is 1.90. The smallest absolute Gasteiger partial charge is 0.294 e. The average molecular weight is 458 g/mol. The second-order valence-corrected chi connectivity index (χ2v) is 9.16. The Morgan fingerprint density at radius 2 is 1.76 bits per heavy atom. The summed E-state index contributed by atoms with van der Waals surface area (Å²) in [5.74, 6) is -2.37. The molecule has 1 aliphatic rings. The minimum Gasteiger partial charge on any atom is -0.393 e. The number of benzene rings is 1. The summed E-state index contributed by atoms with van der Waals surface area (Å²) in [6.07, 6.45) is 2.06. The van der Waals surface area contributed by atoms with Crippen LogP contribution in [0.25, 0.3) is 0 Å². The number of aromatic nitrogens is 1. The van der Waals surface area contributed by atoms with E-state index in [0.29, 0.717) is 53.8 Å². The molecule has 1 aliphatic carbocycles. The molecular weight excluding hydrogens is 425 g/mol. The summed E-state index contributed by atoms with van der Waals surface area (Å²) in [6.45, 7) is 7.07. The van der Waals surface area contributed by atoms with E-state index < -0.39 is 17.6 Å². The number of carbonyl (C=O) groups is 3. The molecule has 1 saturated carbocycles. The highest BCUT2D eigenvalue weighted by Gasteiger charge is 2.33. The molecule has 1 aromatic carbocycles. The van der Waals surface area contributed by atoms with Gasteiger partial charge in [0.05, 0.1) is 17.4 Å². The van der Waals surface area contributed by atoms with Gasteiger partial charge in [-0.15, -0.1) is 0 Å². The van der Waals surface area contributed by atoms with Crippen LogP contribution in [0.5, 0.6) is 0 Å². The van der Waals surface area contributed by atoms with Crippen molar-refractivity contribution in [1.29, 1.82) is 0 Å². The molecule has 0 aliphatic heterocycles. The summed E-state index contributed by atoms with van der Waals surface area (Å²) >= 11 is 0. The maximum Gasteiger partial charge on any atom is 0.294 e. The Hall–Kier alpha value is -3.00. The van der Waals surface area contributed by atoms with E-state index in [9.17, 15) is 23.9 Å². The fourth-order valence-electron chi connectivity index (χ4n) is 4.45. The Morgan fingerprint density at radius 3 is 2.33 bits per heavy atom. The molecule has 2 aromatic rings. The maximum absolute atomic E-state index is 13.6. The lowest BCUT2D eigenvalue weighted by Gasteiger charge is -2.26. The van der Waals surface area contributed by atoms with Gasteiger partial charge in [-0.05, 0) is 74.8 Å². The van der Waals surface area contributed by atoms with Crippen LogP contribution in [0.1, 0.15) is 83.1 Å². The third-order valence-corrected chi connectivity index (χ3v) is 6.40. The second kappa shape index (κ2) is 9.87. The van der Waals surface area contributed by atoms with E-state index in [-0.39, 0.29) is 29.6 Å². The van der Waals surface area contributed by atoms with Crippen molar-refractivity contribution >= 4 is 23.3 Å². The largest absolute Gasteiger partial charge is 0.393 e. The van der Waals surface area contributed by atoms with Crippen molar-refractivity contribution < 1.29 is 23.9 Å². The van der Waals surface area contributed by atoms with Crippen LogP contribution in [0.4, 0.5) is 10.1 Å². The Morgan fingerprint density at radius 1 is 1.12 bits per heavy atom. The van der Waals surface area contributed by atoms with E-state index in [0.717, 1.165) is 0 Å². The van der Waals surface area contributed by atoms with Crippen LogP contribution in [0.2, 0.25) is 0 Å². The topological polar surface area (TPSA) is 100 Å². The minimum atomic E-state index is -0.708. The quantitative estimate of drug-likeness (QED) is 0.454. The number of aliphatic hydroxyl groups is 1. The van der Waals surface area contributed by atoms with Crippen LogP contribution in [-0.2, 0) is 11.8 Å². The fraction of sp³-hybridized carbons (Fsp3) is 0.480. The Bertz CT molecular complexity index is 1080. The molecule has 33 heavy (non-hydrogen) atoms. The number of anilines is 1. The number of halogens is 1. The first-order chi connectivity index (χ1) is 15.5. The summed E-state index contributed by atoms with van der Waals surface area (Å²) in [7, 11) is 1.66. The molecule has 1 heterocycles. The molecule has 8 heteroatoms. The zero-order valence-electron chi connectivity index (χ0n) is 19.8. The predicted octanol–water partition coefficient (Wildman–Crippen LogP) is 3.76.